The van der Waals surface area contributed by atoms with E-state index in [9.17, 15) is 9.59 Å². The average molecular weight is 353 g/mol. The molecule has 3 rings (SSSR count). The number of imide groups is 1. The van der Waals surface area contributed by atoms with Crippen LogP contribution in [0.25, 0.3) is 0 Å². The van der Waals surface area contributed by atoms with Gasteiger partial charge in [0.2, 0.25) is 0 Å². The molecule has 0 saturated carbocycles. The van der Waals surface area contributed by atoms with Crippen LogP contribution in [0.2, 0.25) is 0 Å². The molecular weight excluding hydrogens is 338 g/mol. The maximum atomic E-state index is 12.6. The summed E-state index contributed by atoms with van der Waals surface area (Å²) in [6, 6.07) is 13.6. The fraction of sp³-hybridized carbons (Fsp3) is 0.0588. The first-order valence-electron chi connectivity index (χ1n) is 7.35. The van der Waals surface area contributed by atoms with E-state index >= 15 is 0 Å². The molecule has 0 aliphatic carbocycles. The second-order valence-electron chi connectivity index (χ2n) is 5.16. The summed E-state index contributed by atoms with van der Waals surface area (Å²) in [6.07, 6.45) is 0. The fourth-order valence-electron chi connectivity index (χ4n) is 2.55. The summed E-state index contributed by atoms with van der Waals surface area (Å²) in [5, 5.41) is 9.15. The Kier molecular flexibility index (Phi) is 4.53. The van der Waals surface area contributed by atoms with Crippen molar-refractivity contribution in [3.63, 3.8) is 0 Å². The van der Waals surface area contributed by atoms with E-state index in [4.69, 9.17) is 0 Å². The van der Waals surface area contributed by atoms with Gasteiger partial charge in [0.25, 0.3) is 11.8 Å². The number of nitrogens with zero attached hydrogens (tertiary/aromatic N) is 4. The first kappa shape index (κ1) is 16.7. The number of nitrogens with one attached hydrogen (secondary N) is 1. The number of hydrogen-bond acceptors (Lipinski definition) is 6. The molecule has 2 amide bonds. The number of anilines is 2. The van der Waals surface area contributed by atoms with E-state index in [1.807, 2.05) is 0 Å². The Morgan fingerprint density at radius 1 is 1.12 bits per heavy atom. The van der Waals surface area contributed by atoms with E-state index in [0.717, 1.165) is 4.90 Å². The van der Waals surface area contributed by atoms with Gasteiger partial charge in [-0.15, -0.1) is 12.6 Å². The van der Waals surface area contributed by atoms with Crippen LogP contribution in [0.15, 0.2) is 70.5 Å². The van der Waals surface area contributed by atoms with Crippen molar-refractivity contribution in [2.24, 2.45) is 10.3 Å². The standard InChI is InChI=1S/C17H15N5O2S/c1-11(25)22(20-19-18-2)13-7-5-6-12(10-13)21-16(23)14-8-3-4-9-15(14)17(21)24/h3-10,25H,1H2,2H3,(H,18,20). The molecule has 0 saturated heterocycles. The number of fused-ring (bicyclic) bond motifs is 1. The summed E-state index contributed by atoms with van der Waals surface area (Å²) in [5.74, 6) is -0.703. The first-order valence-corrected chi connectivity index (χ1v) is 7.79. The Labute approximate surface area is 150 Å². The van der Waals surface area contributed by atoms with Gasteiger partial charge < -0.3 is 0 Å². The maximum absolute atomic E-state index is 12.6. The molecule has 126 valence electrons. The quantitative estimate of drug-likeness (QED) is 0.375. The van der Waals surface area contributed by atoms with Gasteiger partial charge in [-0.3, -0.25) is 9.59 Å². The number of thiol groups is 1. The van der Waals surface area contributed by atoms with Crippen LogP contribution >= 0.6 is 12.6 Å². The number of benzene rings is 2. The van der Waals surface area contributed by atoms with Crippen molar-refractivity contribution < 1.29 is 9.59 Å². The van der Waals surface area contributed by atoms with Crippen LogP contribution in [0.3, 0.4) is 0 Å². The lowest BCUT2D eigenvalue weighted by Gasteiger charge is -2.23. The Morgan fingerprint density at radius 2 is 1.76 bits per heavy atom. The SMILES string of the molecule is C=C(S)N(NN=NC)c1cccc(N2C(=O)c3ccccc3C2=O)c1. The lowest BCUT2D eigenvalue weighted by molar-refractivity contribution is 0.0926. The van der Waals surface area contributed by atoms with Crippen molar-refractivity contribution in [3.8, 4) is 0 Å². The van der Waals surface area contributed by atoms with Crippen molar-refractivity contribution in [2.45, 2.75) is 0 Å². The van der Waals surface area contributed by atoms with E-state index < -0.39 is 0 Å². The minimum absolute atomic E-state index is 0.352. The summed E-state index contributed by atoms with van der Waals surface area (Å²) < 4.78 is 0. The summed E-state index contributed by atoms with van der Waals surface area (Å²) in [5.41, 5.74) is 4.50. The molecule has 8 heteroatoms. The summed E-state index contributed by atoms with van der Waals surface area (Å²) >= 11 is 4.22. The highest BCUT2D eigenvalue weighted by Gasteiger charge is 2.36. The molecule has 0 spiro atoms. The molecule has 1 aliphatic rings. The van der Waals surface area contributed by atoms with Gasteiger partial charge in [0.15, 0.2) is 0 Å². The van der Waals surface area contributed by atoms with E-state index in [2.05, 4.69) is 35.1 Å². The van der Waals surface area contributed by atoms with Gasteiger partial charge in [-0.25, -0.2) is 9.91 Å². The predicted molar refractivity (Wildman–Crippen MR) is 98.5 cm³/mol. The monoisotopic (exact) mass is 353 g/mol. The fourth-order valence-corrected chi connectivity index (χ4v) is 2.71. The topological polar surface area (TPSA) is 77.4 Å². The largest absolute Gasteiger partial charge is 0.268 e. The molecule has 0 aromatic heterocycles. The third-order valence-electron chi connectivity index (χ3n) is 3.64. The van der Waals surface area contributed by atoms with Crippen molar-refractivity contribution in [1.82, 2.24) is 5.53 Å². The lowest BCUT2D eigenvalue weighted by Crippen LogP contribution is -2.32. The summed E-state index contributed by atoms with van der Waals surface area (Å²) in [6.45, 7) is 3.75. The van der Waals surface area contributed by atoms with Crippen LogP contribution in [0.4, 0.5) is 11.4 Å². The average Bonchev–Trinajstić information content (AvgIpc) is 2.87. The lowest BCUT2D eigenvalue weighted by atomic mass is 10.1. The van der Waals surface area contributed by atoms with Crippen molar-refractivity contribution >= 4 is 35.8 Å². The molecule has 0 unspecified atom stereocenters. The molecule has 2 aromatic carbocycles. The molecule has 0 atom stereocenters. The van der Waals surface area contributed by atoms with E-state index in [-0.39, 0.29) is 11.8 Å². The molecule has 7 nitrogen and oxygen atoms in total. The van der Waals surface area contributed by atoms with Crippen molar-refractivity contribution in [3.05, 3.63) is 71.3 Å². The van der Waals surface area contributed by atoms with Crippen molar-refractivity contribution in [1.29, 1.82) is 0 Å². The Morgan fingerprint density at radius 3 is 2.32 bits per heavy atom. The van der Waals surface area contributed by atoms with E-state index in [0.29, 0.717) is 27.5 Å². The van der Waals surface area contributed by atoms with Crippen molar-refractivity contribution in [2.75, 3.05) is 17.0 Å². The maximum Gasteiger partial charge on any atom is 0.266 e. The zero-order chi connectivity index (χ0) is 18.0. The van der Waals surface area contributed by atoms with Crippen LogP contribution in [0.1, 0.15) is 20.7 Å². The number of hydrogen-bond donors (Lipinski definition) is 2. The third-order valence-corrected chi connectivity index (χ3v) is 3.84. The molecule has 0 bridgehead atoms. The zero-order valence-electron chi connectivity index (χ0n) is 13.4. The molecular formula is C17H15N5O2S. The number of rotatable bonds is 5. The van der Waals surface area contributed by atoms with Crippen LogP contribution in [-0.4, -0.2) is 18.9 Å². The number of carbonyl (C=O) groups excluding carboxylic acids is 2. The molecule has 25 heavy (non-hydrogen) atoms. The second-order valence-corrected chi connectivity index (χ2v) is 5.68. The number of hydrazine groups is 1. The Bertz CT molecular complexity index is 861. The minimum atomic E-state index is -0.352. The number of amides is 2. The van der Waals surface area contributed by atoms with Gasteiger partial charge in [0, 0.05) is 0 Å². The first-order chi connectivity index (χ1) is 12.0. The Hall–Kier alpha value is -3.13. The third kappa shape index (κ3) is 2.99. The zero-order valence-corrected chi connectivity index (χ0v) is 14.3. The number of carbonyl (C=O) groups is 2. The van der Waals surface area contributed by atoms with Crippen LogP contribution in [0, 0.1) is 0 Å². The molecule has 1 aliphatic heterocycles. The van der Waals surface area contributed by atoms with Gasteiger partial charge >= 0.3 is 0 Å². The molecule has 2 aromatic rings. The van der Waals surface area contributed by atoms with Gasteiger partial charge in [-0.1, -0.05) is 30.0 Å². The molecule has 1 N–H and O–H groups in total. The van der Waals surface area contributed by atoms with E-state index in [1.165, 1.54) is 12.1 Å². The highest BCUT2D eigenvalue weighted by atomic mass is 32.1. The van der Waals surface area contributed by atoms with Crippen LogP contribution in [-0.2, 0) is 0 Å². The van der Waals surface area contributed by atoms with Gasteiger partial charge in [0.1, 0.15) is 0 Å². The van der Waals surface area contributed by atoms with E-state index in [1.54, 1.807) is 48.5 Å². The molecule has 0 fully saturated rings. The predicted octanol–water partition coefficient (Wildman–Crippen LogP) is 3.20. The summed E-state index contributed by atoms with van der Waals surface area (Å²) in [7, 11) is 1.52. The normalized spacial score (nSPS) is 13.3. The van der Waals surface area contributed by atoms with Gasteiger partial charge in [-0.2, -0.15) is 10.6 Å². The molecule has 1 heterocycles. The minimum Gasteiger partial charge on any atom is -0.268 e. The van der Waals surface area contributed by atoms with Gasteiger partial charge in [-0.05, 0) is 30.3 Å². The highest BCUT2D eigenvalue weighted by Crippen LogP contribution is 2.31. The van der Waals surface area contributed by atoms with Crippen LogP contribution in [0.5, 0.6) is 0 Å². The molecule has 0 radical (unpaired) electrons. The van der Waals surface area contributed by atoms with Crippen LogP contribution < -0.4 is 15.4 Å². The highest BCUT2D eigenvalue weighted by molar-refractivity contribution is 7.84. The van der Waals surface area contributed by atoms with Gasteiger partial charge in [0.05, 0.1) is 34.6 Å². The second kappa shape index (κ2) is 6.78. The smallest absolute Gasteiger partial charge is 0.266 e. The Balaban J connectivity index is 1.99. The summed E-state index contributed by atoms with van der Waals surface area (Å²) in [4.78, 5) is 26.4.